The lowest BCUT2D eigenvalue weighted by molar-refractivity contribution is 0.0907. The number of nitrogens with one attached hydrogen (secondary N) is 1. The van der Waals surface area contributed by atoms with Gasteiger partial charge >= 0.3 is 0 Å². The second kappa shape index (κ2) is 7.25. The van der Waals surface area contributed by atoms with Crippen LogP contribution < -0.4 is 10.2 Å². The summed E-state index contributed by atoms with van der Waals surface area (Å²) < 4.78 is 5.25. The number of aliphatic hydroxyl groups excluding tert-OH is 1. The van der Waals surface area contributed by atoms with Crippen molar-refractivity contribution < 1.29 is 14.4 Å². The maximum atomic E-state index is 12.3. The third-order valence-electron chi connectivity index (χ3n) is 4.87. The van der Waals surface area contributed by atoms with E-state index in [-0.39, 0.29) is 18.1 Å². The van der Waals surface area contributed by atoms with E-state index in [1.165, 1.54) is 11.3 Å². The lowest BCUT2D eigenvalue weighted by Gasteiger charge is -2.15. The van der Waals surface area contributed by atoms with E-state index in [2.05, 4.69) is 22.4 Å². The Morgan fingerprint density at radius 1 is 1.26 bits per heavy atom. The van der Waals surface area contributed by atoms with E-state index >= 15 is 0 Å². The zero-order valence-electron chi connectivity index (χ0n) is 15.1. The van der Waals surface area contributed by atoms with Crippen LogP contribution in [-0.2, 0) is 6.42 Å². The summed E-state index contributed by atoms with van der Waals surface area (Å²) in [5, 5.41) is 17.0. The van der Waals surface area contributed by atoms with Crippen molar-refractivity contribution in [1.82, 2.24) is 10.5 Å². The summed E-state index contributed by atoms with van der Waals surface area (Å²) in [5.74, 6) is 0.157. The molecular formula is C21H21N3O3. The van der Waals surface area contributed by atoms with Gasteiger partial charge in [0, 0.05) is 37.5 Å². The molecular weight excluding hydrogens is 342 g/mol. The number of aliphatic hydroxyl groups is 1. The number of aromatic nitrogens is 1. The molecule has 1 aliphatic rings. The third-order valence-corrected chi connectivity index (χ3v) is 4.87. The second-order valence-corrected chi connectivity index (χ2v) is 6.73. The van der Waals surface area contributed by atoms with Gasteiger partial charge in [-0.25, -0.2) is 0 Å². The van der Waals surface area contributed by atoms with Crippen LogP contribution in [0.3, 0.4) is 0 Å². The highest BCUT2D eigenvalue weighted by molar-refractivity contribution is 5.93. The number of hydrogen-bond acceptors (Lipinski definition) is 5. The first-order valence-electron chi connectivity index (χ1n) is 8.94. The average molecular weight is 363 g/mol. The Kier molecular flexibility index (Phi) is 4.64. The molecule has 1 aliphatic heterocycles. The van der Waals surface area contributed by atoms with Gasteiger partial charge in [0.2, 0.25) is 0 Å². The van der Waals surface area contributed by atoms with Gasteiger partial charge in [0.25, 0.3) is 5.91 Å². The summed E-state index contributed by atoms with van der Waals surface area (Å²) in [6.07, 6.45) is 0.200. The van der Waals surface area contributed by atoms with Crippen LogP contribution in [0.5, 0.6) is 0 Å². The van der Waals surface area contributed by atoms with Gasteiger partial charge in [0.15, 0.2) is 11.5 Å². The Morgan fingerprint density at radius 2 is 2.07 bits per heavy atom. The van der Waals surface area contributed by atoms with Gasteiger partial charge in [-0.2, -0.15) is 0 Å². The minimum Gasteiger partial charge on any atom is -0.387 e. The molecule has 6 nitrogen and oxygen atoms in total. The highest BCUT2D eigenvalue weighted by Gasteiger charge is 2.19. The molecule has 0 fully saturated rings. The molecule has 1 amide bonds. The quantitative estimate of drug-likeness (QED) is 0.729. The molecule has 4 rings (SSSR count). The minimum absolute atomic E-state index is 0.112. The first kappa shape index (κ1) is 17.3. The Labute approximate surface area is 157 Å². The maximum Gasteiger partial charge on any atom is 0.273 e. The molecule has 2 heterocycles. The molecule has 0 radical (unpaired) electrons. The number of benzene rings is 2. The molecule has 138 valence electrons. The zero-order valence-corrected chi connectivity index (χ0v) is 15.1. The summed E-state index contributed by atoms with van der Waals surface area (Å²) in [6.45, 7) is 1.10. The van der Waals surface area contributed by atoms with Crippen molar-refractivity contribution in [1.29, 1.82) is 0 Å². The van der Waals surface area contributed by atoms with Gasteiger partial charge in [-0.15, -0.1) is 0 Å². The molecule has 6 heteroatoms. The van der Waals surface area contributed by atoms with E-state index in [1.807, 2.05) is 48.5 Å². The third kappa shape index (κ3) is 3.57. The molecule has 1 unspecified atom stereocenters. The van der Waals surface area contributed by atoms with Crippen molar-refractivity contribution in [2.75, 3.05) is 25.0 Å². The first-order valence-corrected chi connectivity index (χ1v) is 8.94. The van der Waals surface area contributed by atoms with E-state index in [0.29, 0.717) is 5.76 Å². The zero-order chi connectivity index (χ0) is 18.8. The van der Waals surface area contributed by atoms with Crippen LogP contribution in [0, 0.1) is 0 Å². The normalized spacial score (nSPS) is 14.1. The second-order valence-electron chi connectivity index (χ2n) is 6.73. The van der Waals surface area contributed by atoms with E-state index in [1.54, 1.807) is 6.07 Å². The molecule has 27 heavy (non-hydrogen) atoms. The van der Waals surface area contributed by atoms with Crippen molar-refractivity contribution in [3.8, 4) is 11.3 Å². The Balaban J connectivity index is 1.39. The fourth-order valence-electron chi connectivity index (χ4n) is 3.31. The van der Waals surface area contributed by atoms with Gasteiger partial charge < -0.3 is 19.8 Å². The molecule has 0 bridgehead atoms. The molecule has 1 aromatic heterocycles. The molecule has 1 atom stereocenters. The van der Waals surface area contributed by atoms with E-state index in [9.17, 15) is 9.90 Å². The lowest BCUT2D eigenvalue weighted by atomic mass is 10.0. The predicted molar refractivity (Wildman–Crippen MR) is 103 cm³/mol. The topological polar surface area (TPSA) is 78.6 Å². The largest absolute Gasteiger partial charge is 0.387 e. The summed E-state index contributed by atoms with van der Waals surface area (Å²) in [4.78, 5) is 14.5. The smallest absolute Gasteiger partial charge is 0.273 e. The molecule has 0 saturated carbocycles. The standard InChI is InChI=1S/C21H21N3O3/c1-24-10-9-15-11-16(7-8-18(15)24)19(25)13-22-21(26)17-12-20(27-23-17)14-5-3-2-4-6-14/h2-8,11-12,19,25H,9-10,13H2,1H3,(H,22,26). The summed E-state index contributed by atoms with van der Waals surface area (Å²) in [5.41, 5.74) is 4.27. The lowest BCUT2D eigenvalue weighted by Crippen LogP contribution is -2.28. The number of rotatable bonds is 5. The number of amides is 1. The number of fused-ring (bicyclic) bond motifs is 1. The molecule has 0 saturated heterocycles. The minimum atomic E-state index is -0.773. The van der Waals surface area contributed by atoms with Crippen LogP contribution >= 0.6 is 0 Å². The first-order chi connectivity index (χ1) is 13.1. The van der Waals surface area contributed by atoms with Crippen LogP contribution in [0.1, 0.15) is 27.7 Å². The SMILES string of the molecule is CN1CCc2cc(C(O)CNC(=O)c3cc(-c4ccccc4)on3)ccc21. The van der Waals surface area contributed by atoms with Crippen LogP contribution in [0.2, 0.25) is 0 Å². The number of nitrogens with zero attached hydrogens (tertiary/aromatic N) is 2. The van der Waals surface area contributed by atoms with Gasteiger partial charge in [-0.3, -0.25) is 4.79 Å². The van der Waals surface area contributed by atoms with Crippen molar-refractivity contribution in [3.63, 3.8) is 0 Å². The van der Waals surface area contributed by atoms with Gasteiger partial charge in [0.1, 0.15) is 0 Å². The monoisotopic (exact) mass is 363 g/mol. The number of carbonyl (C=O) groups excluding carboxylic acids is 1. The molecule has 0 aliphatic carbocycles. The molecule has 3 aromatic rings. The van der Waals surface area contributed by atoms with E-state index in [0.717, 1.165) is 24.1 Å². The Morgan fingerprint density at radius 3 is 2.89 bits per heavy atom. The number of hydrogen-bond donors (Lipinski definition) is 2. The fourth-order valence-corrected chi connectivity index (χ4v) is 3.31. The van der Waals surface area contributed by atoms with Crippen molar-refractivity contribution in [3.05, 3.63) is 71.4 Å². The van der Waals surface area contributed by atoms with Crippen molar-refractivity contribution in [2.45, 2.75) is 12.5 Å². The van der Waals surface area contributed by atoms with Gasteiger partial charge in [0.05, 0.1) is 6.10 Å². The number of anilines is 1. The molecule has 0 spiro atoms. The molecule has 2 N–H and O–H groups in total. The van der Waals surface area contributed by atoms with Crippen molar-refractivity contribution >= 4 is 11.6 Å². The molecule has 2 aromatic carbocycles. The maximum absolute atomic E-state index is 12.3. The number of likely N-dealkylation sites (N-methyl/N-ethyl adjacent to an activating group) is 1. The highest BCUT2D eigenvalue weighted by Crippen LogP contribution is 2.29. The summed E-state index contributed by atoms with van der Waals surface area (Å²) >= 11 is 0. The predicted octanol–water partition coefficient (Wildman–Crippen LogP) is 2.80. The number of carbonyl (C=O) groups is 1. The van der Waals surface area contributed by atoms with Crippen molar-refractivity contribution in [2.24, 2.45) is 0 Å². The Bertz CT molecular complexity index is 952. The van der Waals surface area contributed by atoms with Crippen LogP contribution in [0.25, 0.3) is 11.3 Å². The fraction of sp³-hybridized carbons (Fsp3) is 0.238. The van der Waals surface area contributed by atoms with Crippen LogP contribution in [0.15, 0.2) is 59.1 Å². The average Bonchev–Trinajstić information content (AvgIpc) is 3.34. The van der Waals surface area contributed by atoms with Gasteiger partial charge in [-0.1, -0.05) is 47.6 Å². The highest BCUT2D eigenvalue weighted by atomic mass is 16.5. The van der Waals surface area contributed by atoms with Crippen LogP contribution in [0.4, 0.5) is 5.69 Å². The van der Waals surface area contributed by atoms with E-state index < -0.39 is 6.10 Å². The Hall–Kier alpha value is -3.12. The van der Waals surface area contributed by atoms with Gasteiger partial charge in [-0.05, 0) is 23.6 Å². The summed E-state index contributed by atoms with van der Waals surface area (Å²) in [6, 6.07) is 17.0. The summed E-state index contributed by atoms with van der Waals surface area (Å²) in [7, 11) is 2.06. The van der Waals surface area contributed by atoms with Crippen LogP contribution in [-0.4, -0.2) is 36.3 Å². The van der Waals surface area contributed by atoms with E-state index in [4.69, 9.17) is 4.52 Å².